The van der Waals surface area contributed by atoms with Crippen molar-refractivity contribution in [3.63, 3.8) is 0 Å². The molecule has 22 heavy (non-hydrogen) atoms. The molecule has 0 spiro atoms. The highest BCUT2D eigenvalue weighted by Gasteiger charge is 2.18. The smallest absolute Gasteiger partial charge is 0.193 e. The number of rotatable bonds is 7. The van der Waals surface area contributed by atoms with E-state index in [1.165, 1.54) is 43.8 Å². The first-order chi connectivity index (χ1) is 10.7. The lowest BCUT2D eigenvalue weighted by atomic mass is 10.1. The van der Waals surface area contributed by atoms with Gasteiger partial charge in [-0.15, -0.1) is 0 Å². The van der Waals surface area contributed by atoms with E-state index in [-0.39, 0.29) is 29.6 Å². The maximum Gasteiger partial charge on any atom is 0.193 e. The number of carbonyl (C=O) groups is 1. The van der Waals surface area contributed by atoms with Gasteiger partial charge in [-0.1, -0.05) is 6.08 Å². The molecule has 0 bridgehead atoms. The number of allylic oxidation sites excluding steroid dienone is 1. The molecule has 0 saturated heterocycles. The van der Waals surface area contributed by atoms with Crippen molar-refractivity contribution in [3.8, 4) is 17.2 Å². The normalized spacial score (nSPS) is 10.8. The maximum absolute atomic E-state index is 12.3. The third-order valence-corrected chi connectivity index (χ3v) is 3.54. The number of carbonyl (C=O) groups excluding carboxylic acids is 1. The monoisotopic (exact) mass is 320 g/mol. The number of aromatic hydroxyl groups is 1. The van der Waals surface area contributed by atoms with Crippen LogP contribution in [-0.2, 0) is 4.74 Å². The number of ketones is 1. The van der Waals surface area contributed by atoms with Crippen LogP contribution in [0.25, 0.3) is 6.08 Å². The van der Waals surface area contributed by atoms with Gasteiger partial charge in [-0.25, -0.2) is 0 Å². The van der Waals surface area contributed by atoms with Crippen LogP contribution >= 0.6 is 11.3 Å². The molecule has 1 N–H and O–H groups in total. The molecule has 2 rings (SSSR count). The minimum absolute atomic E-state index is 0.0405. The molecule has 1 aromatic heterocycles. The van der Waals surface area contributed by atoms with Gasteiger partial charge in [0.25, 0.3) is 0 Å². The molecule has 0 radical (unpaired) electrons. The van der Waals surface area contributed by atoms with Crippen LogP contribution in [0.1, 0.15) is 15.9 Å². The molecule has 0 unspecified atom stereocenters. The first-order valence-electron chi connectivity index (χ1n) is 6.43. The molecule has 1 aromatic carbocycles. The van der Waals surface area contributed by atoms with Gasteiger partial charge in [-0.2, -0.15) is 11.3 Å². The summed E-state index contributed by atoms with van der Waals surface area (Å²) in [5, 5.41) is 13.9. The zero-order valence-corrected chi connectivity index (χ0v) is 13.1. The molecular formula is C16H16O5S. The molecule has 0 amide bonds. The molecule has 6 heteroatoms. The van der Waals surface area contributed by atoms with Crippen molar-refractivity contribution >= 4 is 23.2 Å². The van der Waals surface area contributed by atoms with E-state index >= 15 is 0 Å². The van der Waals surface area contributed by atoms with Crippen molar-refractivity contribution in [2.75, 3.05) is 21.0 Å². The van der Waals surface area contributed by atoms with Crippen LogP contribution in [0.4, 0.5) is 0 Å². The van der Waals surface area contributed by atoms with Gasteiger partial charge < -0.3 is 19.3 Å². The first kappa shape index (κ1) is 16.1. The fourth-order valence-corrected chi connectivity index (χ4v) is 2.43. The highest BCUT2D eigenvalue weighted by molar-refractivity contribution is 7.08. The molecular weight excluding hydrogens is 304 g/mol. The Labute approximate surface area is 132 Å². The van der Waals surface area contributed by atoms with Crippen molar-refractivity contribution in [1.29, 1.82) is 0 Å². The SMILES string of the molecule is COCOc1cc(OC)cc(O)c1C(=O)/C=C/c1ccsc1. The minimum Gasteiger partial charge on any atom is -0.507 e. The van der Waals surface area contributed by atoms with Crippen LogP contribution in [0.5, 0.6) is 17.2 Å². The van der Waals surface area contributed by atoms with Gasteiger partial charge in [0.15, 0.2) is 12.6 Å². The number of hydrogen-bond acceptors (Lipinski definition) is 6. The highest BCUT2D eigenvalue weighted by atomic mass is 32.1. The minimum atomic E-state index is -0.363. The average molecular weight is 320 g/mol. The van der Waals surface area contributed by atoms with E-state index < -0.39 is 0 Å². The van der Waals surface area contributed by atoms with Crippen LogP contribution in [0.3, 0.4) is 0 Å². The third-order valence-electron chi connectivity index (χ3n) is 2.84. The summed E-state index contributed by atoms with van der Waals surface area (Å²) in [5.41, 5.74) is 0.995. The number of ether oxygens (including phenoxy) is 3. The van der Waals surface area contributed by atoms with Crippen LogP contribution in [0.2, 0.25) is 0 Å². The lowest BCUT2D eigenvalue weighted by Gasteiger charge is -2.12. The summed E-state index contributed by atoms with van der Waals surface area (Å²) in [4.78, 5) is 12.3. The summed E-state index contributed by atoms with van der Waals surface area (Å²) < 4.78 is 15.3. The number of hydrogen-bond donors (Lipinski definition) is 1. The topological polar surface area (TPSA) is 65.0 Å². The van der Waals surface area contributed by atoms with Crippen LogP contribution in [0.15, 0.2) is 35.0 Å². The molecule has 116 valence electrons. The fraction of sp³-hybridized carbons (Fsp3) is 0.188. The van der Waals surface area contributed by atoms with Crippen LogP contribution < -0.4 is 9.47 Å². The number of benzene rings is 1. The van der Waals surface area contributed by atoms with Gasteiger partial charge in [-0.3, -0.25) is 4.79 Å². The number of phenolic OH excluding ortho intramolecular Hbond substituents is 1. The molecule has 1 heterocycles. The van der Waals surface area contributed by atoms with Crippen LogP contribution in [0, 0.1) is 0 Å². The van der Waals surface area contributed by atoms with E-state index in [1.54, 1.807) is 6.08 Å². The van der Waals surface area contributed by atoms with E-state index in [1.807, 2.05) is 16.8 Å². The molecule has 0 aliphatic rings. The van der Waals surface area contributed by atoms with E-state index in [4.69, 9.17) is 14.2 Å². The Balaban J connectivity index is 2.32. The maximum atomic E-state index is 12.3. The quantitative estimate of drug-likeness (QED) is 0.481. The fourth-order valence-electron chi connectivity index (χ4n) is 1.80. The van der Waals surface area contributed by atoms with E-state index in [9.17, 15) is 9.90 Å². The summed E-state index contributed by atoms with van der Waals surface area (Å²) in [6.07, 6.45) is 3.08. The van der Waals surface area contributed by atoms with Crippen LogP contribution in [-0.4, -0.2) is 31.9 Å². The molecule has 0 atom stereocenters. The molecule has 0 fully saturated rings. The zero-order chi connectivity index (χ0) is 15.9. The Morgan fingerprint density at radius 3 is 2.82 bits per heavy atom. The standard InChI is InChI=1S/C16H16O5S/c1-19-10-21-15-8-12(20-2)7-14(18)16(15)13(17)4-3-11-5-6-22-9-11/h3-9,18H,10H2,1-2H3/b4-3+. The van der Waals surface area contributed by atoms with Crippen molar-refractivity contribution in [3.05, 3.63) is 46.2 Å². The number of phenols is 1. The van der Waals surface area contributed by atoms with E-state index in [0.717, 1.165) is 5.56 Å². The van der Waals surface area contributed by atoms with E-state index in [0.29, 0.717) is 5.75 Å². The Morgan fingerprint density at radius 1 is 1.36 bits per heavy atom. The summed E-state index contributed by atoms with van der Waals surface area (Å²) in [6, 6.07) is 4.79. The van der Waals surface area contributed by atoms with Crippen molar-refractivity contribution in [2.45, 2.75) is 0 Å². The Hall–Kier alpha value is -2.31. The van der Waals surface area contributed by atoms with Crippen molar-refractivity contribution in [1.82, 2.24) is 0 Å². The first-order valence-corrected chi connectivity index (χ1v) is 7.37. The second-order valence-electron chi connectivity index (χ2n) is 4.32. The second kappa shape index (κ2) is 7.63. The molecule has 2 aromatic rings. The van der Waals surface area contributed by atoms with Crippen molar-refractivity contribution < 1.29 is 24.1 Å². The summed E-state index contributed by atoms with van der Waals surface area (Å²) in [6.45, 7) is -0.0405. The van der Waals surface area contributed by atoms with Crippen molar-refractivity contribution in [2.24, 2.45) is 0 Å². The molecule has 0 aliphatic heterocycles. The molecule has 0 saturated carbocycles. The van der Waals surface area contributed by atoms with Gasteiger partial charge in [0.1, 0.15) is 22.8 Å². The predicted octanol–water partition coefficient (Wildman–Crippen LogP) is 3.34. The van der Waals surface area contributed by atoms with Gasteiger partial charge in [0.2, 0.25) is 0 Å². The van der Waals surface area contributed by atoms with Gasteiger partial charge >= 0.3 is 0 Å². The zero-order valence-electron chi connectivity index (χ0n) is 12.2. The van der Waals surface area contributed by atoms with Gasteiger partial charge in [-0.05, 0) is 28.5 Å². The third kappa shape index (κ3) is 3.87. The average Bonchev–Trinajstić information content (AvgIpc) is 3.03. The lowest BCUT2D eigenvalue weighted by molar-refractivity contribution is 0.0500. The Morgan fingerprint density at radius 2 is 2.18 bits per heavy atom. The summed E-state index contributed by atoms with van der Waals surface area (Å²) >= 11 is 1.54. The summed E-state index contributed by atoms with van der Waals surface area (Å²) in [5.74, 6) is 0.0310. The number of methoxy groups -OCH3 is 2. The summed E-state index contributed by atoms with van der Waals surface area (Å²) in [7, 11) is 2.94. The predicted molar refractivity (Wildman–Crippen MR) is 84.8 cm³/mol. The Kier molecular flexibility index (Phi) is 5.57. The van der Waals surface area contributed by atoms with Gasteiger partial charge in [0, 0.05) is 19.2 Å². The highest BCUT2D eigenvalue weighted by Crippen LogP contribution is 2.34. The largest absolute Gasteiger partial charge is 0.507 e. The molecule has 5 nitrogen and oxygen atoms in total. The second-order valence-corrected chi connectivity index (χ2v) is 5.10. The number of thiophene rings is 1. The molecule has 0 aliphatic carbocycles. The van der Waals surface area contributed by atoms with Gasteiger partial charge in [0.05, 0.1) is 7.11 Å². The Bertz CT molecular complexity index is 661. The lowest BCUT2D eigenvalue weighted by Crippen LogP contribution is -2.05. The van der Waals surface area contributed by atoms with E-state index in [2.05, 4.69) is 0 Å².